The van der Waals surface area contributed by atoms with Gasteiger partial charge in [0.05, 0.1) is 19.1 Å². The number of fused-ring (bicyclic) bond motifs is 4. The average molecular weight is 590 g/mol. The number of amides is 1. The van der Waals surface area contributed by atoms with Crippen molar-refractivity contribution in [2.24, 2.45) is 11.7 Å². The van der Waals surface area contributed by atoms with Crippen molar-refractivity contribution in [3.63, 3.8) is 0 Å². The summed E-state index contributed by atoms with van der Waals surface area (Å²) >= 11 is 0. The monoisotopic (exact) mass is 589 g/mol. The molecule has 9 heteroatoms. The van der Waals surface area contributed by atoms with Crippen LogP contribution in [0.2, 0.25) is 0 Å². The van der Waals surface area contributed by atoms with E-state index in [9.17, 15) is 19.5 Å². The van der Waals surface area contributed by atoms with Crippen molar-refractivity contribution in [1.29, 1.82) is 0 Å². The lowest BCUT2D eigenvalue weighted by Gasteiger charge is -2.42. The van der Waals surface area contributed by atoms with Crippen LogP contribution in [0.25, 0.3) is 0 Å². The number of pyridine rings is 1. The van der Waals surface area contributed by atoms with E-state index in [0.29, 0.717) is 42.7 Å². The maximum Gasteiger partial charge on any atom is 0.250 e. The van der Waals surface area contributed by atoms with Gasteiger partial charge in [0.1, 0.15) is 11.5 Å². The molecule has 2 bridgehead atoms. The molecule has 5 rings (SSSR count). The molecule has 0 unspecified atom stereocenters. The van der Waals surface area contributed by atoms with Gasteiger partial charge < -0.3 is 24.6 Å². The van der Waals surface area contributed by atoms with Crippen LogP contribution in [-0.2, 0) is 17.9 Å². The van der Waals surface area contributed by atoms with E-state index in [1.165, 1.54) is 31.7 Å². The molecule has 0 spiro atoms. The predicted octanol–water partition coefficient (Wildman–Crippen LogP) is 4.87. The largest absolute Gasteiger partial charge is 0.502 e. The summed E-state index contributed by atoms with van der Waals surface area (Å²) < 4.78 is 14.0. The van der Waals surface area contributed by atoms with Crippen LogP contribution in [-0.4, -0.2) is 40.2 Å². The lowest BCUT2D eigenvalue weighted by Crippen LogP contribution is -2.46. The van der Waals surface area contributed by atoms with Gasteiger partial charge in [0, 0.05) is 49.8 Å². The van der Waals surface area contributed by atoms with Crippen molar-refractivity contribution in [3.05, 3.63) is 91.9 Å². The number of unbranched alkanes of at least 4 members (excludes halogenated alkanes) is 5. The summed E-state index contributed by atoms with van der Waals surface area (Å²) in [6.45, 7) is 5.38. The summed E-state index contributed by atoms with van der Waals surface area (Å²) in [5, 5.41) is 10.8. The quantitative estimate of drug-likeness (QED) is 0.257. The number of primary amides is 1. The highest BCUT2D eigenvalue weighted by Gasteiger charge is 2.35. The number of piperidine rings is 1. The van der Waals surface area contributed by atoms with Gasteiger partial charge >= 0.3 is 0 Å². The topological polar surface area (TPSA) is 128 Å². The highest BCUT2D eigenvalue weighted by molar-refractivity contribution is 5.75. The zero-order valence-corrected chi connectivity index (χ0v) is 25.0. The number of nitrogens with zero attached hydrogens (tertiary/aromatic N) is 2. The molecule has 1 aromatic carbocycles. The summed E-state index contributed by atoms with van der Waals surface area (Å²) in [6, 6.07) is 14.1. The number of rotatable bonds is 14. The Hall–Kier alpha value is -3.85. The summed E-state index contributed by atoms with van der Waals surface area (Å²) in [7, 11) is 0. The van der Waals surface area contributed by atoms with Gasteiger partial charge in [0.2, 0.25) is 17.1 Å². The molecule has 1 amide bonds. The Morgan fingerprint density at radius 3 is 2.58 bits per heavy atom. The molecule has 4 heterocycles. The lowest BCUT2D eigenvalue weighted by molar-refractivity contribution is -0.118. The third-order valence-corrected chi connectivity index (χ3v) is 8.71. The number of benzene rings is 1. The van der Waals surface area contributed by atoms with E-state index < -0.39 is 23.0 Å². The third-order valence-electron chi connectivity index (χ3n) is 8.71. The number of aromatic hydroxyl groups is 1. The number of ether oxygens (including phenoxy) is 1. The van der Waals surface area contributed by atoms with E-state index >= 15 is 0 Å². The Morgan fingerprint density at radius 2 is 1.81 bits per heavy atom. The Kier molecular flexibility index (Phi) is 10.0. The van der Waals surface area contributed by atoms with E-state index in [-0.39, 0.29) is 23.7 Å². The van der Waals surface area contributed by atoms with Crippen LogP contribution in [0, 0.1) is 5.92 Å². The molecular weight excluding hydrogens is 546 g/mol. The number of carbonyl (C=O) groups is 1. The number of nitrogens with two attached hydrogens (primary N) is 1. The Labute approximate surface area is 252 Å². The minimum Gasteiger partial charge on any atom is -0.502 e. The van der Waals surface area contributed by atoms with E-state index in [1.54, 1.807) is 6.07 Å². The van der Waals surface area contributed by atoms with Gasteiger partial charge in [-0.05, 0) is 42.5 Å². The fraction of sp³-hybridized carbons (Fsp3) is 0.500. The van der Waals surface area contributed by atoms with Gasteiger partial charge in [0.25, 0.3) is 5.56 Å². The SMILES string of the molecule is CCCCCCCCOc1ccc([C@@H](CC(N)=O)c2oc(CN3C[C@H]4C[C@@H](C3)c3cccc(=O)n3C4)cc(=O)c2O)cc1. The summed E-state index contributed by atoms with van der Waals surface area (Å²) in [4.78, 5) is 39.6. The minimum absolute atomic E-state index is 0.0349. The third kappa shape index (κ3) is 7.57. The Bertz CT molecular complexity index is 1510. The second-order valence-corrected chi connectivity index (χ2v) is 12.1. The number of likely N-dealkylation sites (tertiary alicyclic amines) is 1. The van der Waals surface area contributed by atoms with Crippen molar-refractivity contribution in [2.75, 3.05) is 19.7 Å². The molecule has 43 heavy (non-hydrogen) atoms. The first kappa shape index (κ1) is 30.6. The summed E-state index contributed by atoms with van der Waals surface area (Å²) in [5.41, 5.74) is 6.81. The number of carbonyl (C=O) groups excluding carboxylic acids is 1. The molecule has 230 valence electrons. The van der Waals surface area contributed by atoms with E-state index in [0.717, 1.165) is 38.0 Å². The fourth-order valence-electron chi connectivity index (χ4n) is 6.65. The van der Waals surface area contributed by atoms with Crippen LogP contribution in [0.5, 0.6) is 11.5 Å². The maximum absolute atomic E-state index is 12.9. The normalized spacial score (nSPS) is 18.6. The van der Waals surface area contributed by atoms with E-state index in [2.05, 4.69) is 11.8 Å². The number of hydrogen-bond acceptors (Lipinski definition) is 7. The Morgan fingerprint density at radius 1 is 1.05 bits per heavy atom. The molecule has 0 saturated carbocycles. The highest BCUT2D eigenvalue weighted by Crippen LogP contribution is 2.37. The number of hydrogen-bond donors (Lipinski definition) is 2. The molecular formula is C34H43N3O6. The molecule has 0 radical (unpaired) electrons. The molecule has 3 aromatic rings. The zero-order valence-electron chi connectivity index (χ0n) is 25.0. The summed E-state index contributed by atoms with van der Waals surface area (Å²) in [6.07, 6.45) is 7.99. The average Bonchev–Trinajstić information content (AvgIpc) is 2.98. The Balaban J connectivity index is 1.30. The lowest BCUT2D eigenvalue weighted by atomic mass is 9.83. The second kappa shape index (κ2) is 14.1. The second-order valence-electron chi connectivity index (χ2n) is 12.1. The first-order chi connectivity index (χ1) is 20.8. The maximum atomic E-state index is 12.9. The molecule has 2 aliphatic heterocycles. The zero-order chi connectivity index (χ0) is 30.3. The molecule has 3 N–H and O–H groups in total. The molecule has 1 fully saturated rings. The first-order valence-corrected chi connectivity index (χ1v) is 15.6. The standard InChI is InChI=1S/C34H43N3O6/c1-2-3-4-5-6-7-15-42-26-13-11-24(12-14-26)28(18-31(35)39)34-33(41)30(38)17-27(43-34)22-36-19-23-16-25(21-36)29-9-8-10-32(40)37(29)20-23/h8-14,17,23,25,28,41H,2-7,15-16,18-22H2,1H3,(H2,35,39)/t23-,25+,28-/m1/s1. The van der Waals surface area contributed by atoms with Crippen LogP contribution >= 0.6 is 0 Å². The van der Waals surface area contributed by atoms with Gasteiger partial charge in [-0.1, -0.05) is 57.2 Å². The molecule has 3 atom stereocenters. The van der Waals surface area contributed by atoms with Crippen molar-refractivity contribution >= 4 is 5.91 Å². The predicted molar refractivity (Wildman–Crippen MR) is 164 cm³/mol. The fourth-order valence-corrected chi connectivity index (χ4v) is 6.65. The molecule has 2 aliphatic rings. The molecule has 2 aromatic heterocycles. The van der Waals surface area contributed by atoms with Crippen molar-refractivity contribution in [2.45, 2.75) is 83.2 Å². The van der Waals surface area contributed by atoms with Crippen LogP contribution in [0.1, 0.15) is 92.9 Å². The number of aromatic nitrogens is 1. The molecule has 9 nitrogen and oxygen atoms in total. The molecule has 1 saturated heterocycles. The van der Waals surface area contributed by atoms with Crippen LogP contribution in [0.3, 0.4) is 0 Å². The van der Waals surface area contributed by atoms with E-state index in [4.69, 9.17) is 14.9 Å². The van der Waals surface area contributed by atoms with E-state index in [1.807, 2.05) is 41.0 Å². The van der Waals surface area contributed by atoms with Gasteiger partial charge in [0.15, 0.2) is 5.76 Å². The van der Waals surface area contributed by atoms with Crippen molar-refractivity contribution in [3.8, 4) is 11.5 Å². The van der Waals surface area contributed by atoms with Crippen LogP contribution in [0.15, 0.2) is 62.5 Å². The first-order valence-electron chi connectivity index (χ1n) is 15.6. The van der Waals surface area contributed by atoms with Crippen molar-refractivity contribution < 1.29 is 19.1 Å². The van der Waals surface area contributed by atoms with Crippen LogP contribution in [0.4, 0.5) is 0 Å². The molecule has 0 aliphatic carbocycles. The minimum atomic E-state index is -0.725. The highest BCUT2D eigenvalue weighted by atomic mass is 16.5. The van der Waals surface area contributed by atoms with Crippen LogP contribution < -0.4 is 21.5 Å². The van der Waals surface area contributed by atoms with Gasteiger partial charge in [-0.25, -0.2) is 0 Å². The van der Waals surface area contributed by atoms with Gasteiger partial charge in [-0.2, -0.15) is 0 Å². The summed E-state index contributed by atoms with van der Waals surface area (Å²) in [5.74, 6) is -0.104. The van der Waals surface area contributed by atoms with Gasteiger partial charge in [-0.15, -0.1) is 0 Å². The van der Waals surface area contributed by atoms with Gasteiger partial charge in [-0.3, -0.25) is 19.3 Å². The van der Waals surface area contributed by atoms with Crippen molar-refractivity contribution in [1.82, 2.24) is 9.47 Å². The smallest absolute Gasteiger partial charge is 0.250 e.